The fourth-order valence-electron chi connectivity index (χ4n) is 5.01. The van der Waals surface area contributed by atoms with E-state index in [1.807, 2.05) is 6.92 Å². The van der Waals surface area contributed by atoms with Gasteiger partial charge in [-0.3, -0.25) is 19.2 Å². The number of carbonyl (C=O) groups excluding carboxylic acids is 4. The van der Waals surface area contributed by atoms with Gasteiger partial charge in [-0.1, -0.05) is 50.3 Å². The van der Waals surface area contributed by atoms with Gasteiger partial charge in [0.15, 0.2) is 17.7 Å². The van der Waals surface area contributed by atoms with Crippen molar-refractivity contribution in [1.29, 1.82) is 0 Å². The number of carbonyl (C=O) groups is 4. The second-order valence-electron chi connectivity index (χ2n) is 7.95. The zero-order valence-electron chi connectivity index (χ0n) is 16.9. The highest BCUT2D eigenvalue weighted by Gasteiger charge is 2.79. The van der Waals surface area contributed by atoms with Crippen molar-refractivity contribution in [2.24, 2.45) is 11.8 Å². The number of benzene rings is 1. The van der Waals surface area contributed by atoms with Crippen LogP contribution in [0.5, 0.6) is 0 Å². The van der Waals surface area contributed by atoms with E-state index in [0.717, 1.165) is 7.11 Å². The third kappa shape index (κ3) is 2.21. The van der Waals surface area contributed by atoms with Gasteiger partial charge >= 0.3 is 0 Å². The second-order valence-corrected chi connectivity index (χ2v) is 7.95. The van der Waals surface area contributed by atoms with Crippen molar-refractivity contribution >= 4 is 23.3 Å². The van der Waals surface area contributed by atoms with E-state index in [1.165, 1.54) is 25.1 Å². The largest absolute Gasteiger partial charge is 0.383 e. The molecule has 0 radical (unpaired) electrons. The summed E-state index contributed by atoms with van der Waals surface area (Å²) >= 11 is 0. The monoisotopic (exact) mass is 413 g/mol. The average molecular weight is 413 g/mol. The van der Waals surface area contributed by atoms with Crippen molar-refractivity contribution in [2.75, 3.05) is 7.11 Å². The maximum atomic E-state index is 13.4. The van der Waals surface area contributed by atoms with Gasteiger partial charge in [-0.2, -0.15) is 0 Å². The van der Waals surface area contributed by atoms with Gasteiger partial charge in [0.05, 0.1) is 5.92 Å². The third-order valence-corrected chi connectivity index (χ3v) is 6.69. The lowest BCUT2D eigenvalue weighted by atomic mass is 9.75. The van der Waals surface area contributed by atoms with Crippen LogP contribution in [0.3, 0.4) is 0 Å². The molecule has 2 heterocycles. The molecule has 1 amide bonds. The molecular formula is C22H23NO7. The molecule has 4 rings (SSSR count). The molecule has 0 unspecified atom stereocenters. The van der Waals surface area contributed by atoms with E-state index in [1.54, 1.807) is 24.3 Å². The highest BCUT2D eigenvalue weighted by molar-refractivity contribution is 6.21. The number of Topliss-reactive ketones (excluding diaryl/α,β-unsaturated/α-hetero) is 2. The summed E-state index contributed by atoms with van der Waals surface area (Å²) in [5.74, 6) is -4.34. The molecule has 8 nitrogen and oxygen atoms in total. The molecule has 1 aromatic carbocycles. The Hall–Kier alpha value is -2.68. The predicted molar refractivity (Wildman–Crippen MR) is 103 cm³/mol. The number of methoxy groups -OCH3 is 1. The van der Waals surface area contributed by atoms with Crippen molar-refractivity contribution < 1.29 is 33.8 Å². The van der Waals surface area contributed by atoms with E-state index in [2.05, 4.69) is 5.32 Å². The first kappa shape index (κ1) is 20.6. The van der Waals surface area contributed by atoms with Gasteiger partial charge in [0.2, 0.25) is 17.1 Å². The molecule has 2 fully saturated rings. The Morgan fingerprint density at radius 2 is 1.90 bits per heavy atom. The van der Waals surface area contributed by atoms with Crippen LogP contribution < -0.4 is 5.32 Å². The minimum absolute atomic E-state index is 0.175. The number of ketones is 3. The number of rotatable bonds is 4. The molecule has 1 aromatic rings. The topological polar surface area (TPSA) is 119 Å². The first-order valence-electron chi connectivity index (χ1n) is 9.85. The van der Waals surface area contributed by atoms with Crippen molar-refractivity contribution in [2.45, 2.75) is 43.3 Å². The van der Waals surface area contributed by atoms with E-state index >= 15 is 0 Å². The van der Waals surface area contributed by atoms with Crippen molar-refractivity contribution in [1.82, 2.24) is 5.32 Å². The minimum atomic E-state index is -2.42. The number of aliphatic hydroxyl groups is 1. The molecule has 0 saturated carbocycles. The highest BCUT2D eigenvalue weighted by atomic mass is 16.6. The summed E-state index contributed by atoms with van der Waals surface area (Å²) in [5.41, 5.74) is -6.07. The zero-order valence-corrected chi connectivity index (χ0v) is 16.9. The first-order chi connectivity index (χ1) is 14.2. The van der Waals surface area contributed by atoms with Crippen LogP contribution >= 0.6 is 0 Å². The molecule has 2 aliphatic heterocycles. The number of hydrogen-bond donors (Lipinski definition) is 2. The molecule has 30 heavy (non-hydrogen) atoms. The van der Waals surface area contributed by atoms with Crippen LogP contribution in [0, 0.1) is 11.8 Å². The van der Waals surface area contributed by atoms with Gasteiger partial charge in [-0.05, 0) is 12.5 Å². The van der Waals surface area contributed by atoms with E-state index in [-0.39, 0.29) is 5.56 Å². The summed E-state index contributed by atoms with van der Waals surface area (Å²) in [4.78, 5) is 52.5. The van der Waals surface area contributed by atoms with E-state index in [9.17, 15) is 24.3 Å². The Bertz CT molecular complexity index is 973. The summed E-state index contributed by atoms with van der Waals surface area (Å²) in [6.45, 7) is 3.35. The van der Waals surface area contributed by atoms with Crippen molar-refractivity contribution in [3.8, 4) is 0 Å². The summed E-state index contributed by atoms with van der Waals surface area (Å²) in [5, 5.41) is 13.6. The normalized spacial score (nSPS) is 40.0. The second kappa shape index (κ2) is 6.66. The average Bonchev–Trinajstić information content (AvgIpc) is 3.29. The van der Waals surface area contributed by atoms with Crippen LogP contribution in [-0.2, 0) is 23.9 Å². The highest BCUT2D eigenvalue weighted by Crippen LogP contribution is 2.53. The Balaban J connectivity index is 1.82. The van der Waals surface area contributed by atoms with E-state index < -0.39 is 58.1 Å². The number of hydrogen-bond acceptors (Lipinski definition) is 7. The smallest absolute Gasteiger partial charge is 0.265 e. The number of amides is 1. The lowest BCUT2D eigenvalue weighted by molar-refractivity contribution is -0.189. The summed E-state index contributed by atoms with van der Waals surface area (Å²) in [6, 6.07) is 7.97. The molecule has 0 aromatic heterocycles. The van der Waals surface area contributed by atoms with Crippen LogP contribution in [0.1, 0.15) is 30.6 Å². The fourth-order valence-corrected chi connectivity index (χ4v) is 5.01. The predicted octanol–water partition coefficient (Wildman–Crippen LogP) is 0.581. The van der Waals surface area contributed by atoms with Crippen molar-refractivity contribution in [3.63, 3.8) is 0 Å². The number of ether oxygens (including phenoxy) is 2. The van der Waals surface area contributed by atoms with Crippen LogP contribution in [0.2, 0.25) is 0 Å². The fraction of sp³-hybridized carbons (Fsp3) is 0.455. The molecule has 2 saturated heterocycles. The van der Waals surface area contributed by atoms with E-state index in [0.29, 0.717) is 6.42 Å². The van der Waals surface area contributed by atoms with Crippen LogP contribution in [0.4, 0.5) is 0 Å². The third-order valence-electron chi connectivity index (χ3n) is 6.69. The first-order valence-corrected chi connectivity index (χ1v) is 9.85. The van der Waals surface area contributed by atoms with Gasteiger partial charge in [0, 0.05) is 18.6 Å². The Kier molecular flexibility index (Phi) is 4.57. The molecular weight excluding hydrogens is 390 g/mol. The number of nitrogens with one attached hydrogen (secondary N) is 1. The summed E-state index contributed by atoms with van der Waals surface area (Å²) < 4.78 is 11.3. The SMILES string of the molecule is CC[C@H]1C=CC(=O)[C@@]12O[C@]1(C(=O)N[C@@](OC)(C(=O)c3ccccc3)[C@H]1O)C(=O)[C@H]2C. The Morgan fingerprint density at radius 1 is 1.23 bits per heavy atom. The van der Waals surface area contributed by atoms with Crippen LogP contribution in [0.25, 0.3) is 0 Å². The molecule has 1 aliphatic carbocycles. The molecule has 6 atom stereocenters. The molecule has 2 spiro atoms. The molecule has 8 heteroatoms. The molecule has 2 N–H and O–H groups in total. The van der Waals surface area contributed by atoms with Gasteiger partial charge in [-0.15, -0.1) is 0 Å². The van der Waals surface area contributed by atoms with E-state index in [4.69, 9.17) is 9.47 Å². The van der Waals surface area contributed by atoms with Gasteiger partial charge in [-0.25, -0.2) is 0 Å². The Labute approximate surface area is 173 Å². The minimum Gasteiger partial charge on any atom is -0.383 e. The van der Waals surface area contributed by atoms with Gasteiger partial charge in [0.1, 0.15) is 5.60 Å². The Morgan fingerprint density at radius 3 is 2.50 bits per heavy atom. The van der Waals surface area contributed by atoms with Crippen molar-refractivity contribution in [3.05, 3.63) is 48.0 Å². The zero-order chi connectivity index (χ0) is 21.9. The molecule has 0 bridgehead atoms. The van der Waals surface area contributed by atoms with Gasteiger partial charge in [0.25, 0.3) is 5.91 Å². The lowest BCUT2D eigenvalue weighted by Gasteiger charge is -2.35. The number of aliphatic hydroxyl groups excluding tert-OH is 1. The maximum Gasteiger partial charge on any atom is 0.265 e. The quantitative estimate of drug-likeness (QED) is 0.547. The van der Waals surface area contributed by atoms with Crippen LogP contribution in [-0.4, -0.2) is 58.5 Å². The van der Waals surface area contributed by atoms with Gasteiger partial charge < -0.3 is 19.9 Å². The lowest BCUT2D eigenvalue weighted by Crippen LogP contribution is -2.61. The maximum absolute atomic E-state index is 13.4. The van der Waals surface area contributed by atoms with Crippen LogP contribution in [0.15, 0.2) is 42.5 Å². The summed E-state index contributed by atoms with van der Waals surface area (Å²) in [7, 11) is 1.15. The standard InChI is InChI=1S/C22H23NO7/c1-4-14-10-11-15(24)20(14)12(2)16(25)21(30-20)18(27)22(29-3,23-19(21)28)17(26)13-8-6-5-7-9-13/h5-12,14,18,27H,4H2,1-3H3,(H,23,28)/t12-,14+,18+,20+,21-,22-/m1/s1. The molecule has 3 aliphatic rings. The summed E-state index contributed by atoms with van der Waals surface area (Å²) in [6.07, 6.45) is 1.50. The molecule has 158 valence electrons.